The molecule has 0 bridgehead atoms. The van der Waals surface area contributed by atoms with E-state index in [0.717, 1.165) is 25.5 Å². The van der Waals surface area contributed by atoms with E-state index in [-0.39, 0.29) is 0 Å². The van der Waals surface area contributed by atoms with Gasteiger partial charge in [0.1, 0.15) is 0 Å². The predicted octanol–water partition coefficient (Wildman–Crippen LogP) is 0.403. The number of rotatable bonds is 2. The normalized spacial score (nSPS) is 17.8. The highest BCUT2D eigenvalue weighted by Gasteiger charge is 2.14. The van der Waals surface area contributed by atoms with Crippen molar-refractivity contribution in [2.45, 2.75) is 26.3 Å². The van der Waals surface area contributed by atoms with Crippen molar-refractivity contribution < 1.29 is 0 Å². The van der Waals surface area contributed by atoms with Crippen molar-refractivity contribution in [3.63, 3.8) is 0 Å². The van der Waals surface area contributed by atoms with Crippen LogP contribution >= 0.6 is 0 Å². The van der Waals surface area contributed by atoms with Gasteiger partial charge in [-0.25, -0.2) is 10.1 Å². The van der Waals surface area contributed by atoms with Crippen LogP contribution in [0.3, 0.4) is 0 Å². The molecule has 0 saturated carbocycles. The zero-order valence-electron chi connectivity index (χ0n) is 7.90. The molecular formula is C8H15N5. The van der Waals surface area contributed by atoms with Gasteiger partial charge in [0.15, 0.2) is 5.82 Å². The van der Waals surface area contributed by atoms with Crippen LogP contribution < -0.4 is 10.4 Å². The first-order valence-electron chi connectivity index (χ1n) is 4.81. The molecule has 72 valence electrons. The van der Waals surface area contributed by atoms with E-state index in [9.17, 15) is 0 Å². The predicted molar refractivity (Wildman–Crippen MR) is 50.3 cm³/mol. The third-order valence-corrected chi connectivity index (χ3v) is 2.28. The molecule has 5 heteroatoms. The Balaban J connectivity index is 2.13. The van der Waals surface area contributed by atoms with Gasteiger partial charge in [-0.2, -0.15) is 0 Å². The first-order valence-corrected chi connectivity index (χ1v) is 4.81. The number of hydrazine groups is 1. The summed E-state index contributed by atoms with van der Waals surface area (Å²) in [5.41, 5.74) is 3.33. The Morgan fingerprint density at radius 1 is 1.54 bits per heavy atom. The molecule has 0 radical (unpaired) electrons. The molecule has 1 saturated heterocycles. The Morgan fingerprint density at radius 3 is 3.15 bits per heavy atom. The van der Waals surface area contributed by atoms with Gasteiger partial charge >= 0.3 is 0 Å². The van der Waals surface area contributed by atoms with Crippen LogP contribution in [0.4, 0.5) is 5.82 Å². The first kappa shape index (κ1) is 8.50. The molecule has 2 heterocycles. The van der Waals surface area contributed by atoms with E-state index in [2.05, 4.69) is 27.7 Å². The molecule has 1 fully saturated rings. The number of anilines is 1. The van der Waals surface area contributed by atoms with Gasteiger partial charge in [0.2, 0.25) is 0 Å². The average Bonchev–Trinajstić information content (AvgIpc) is 2.67. The molecule has 2 rings (SSSR count). The fourth-order valence-corrected chi connectivity index (χ4v) is 1.57. The molecule has 5 nitrogen and oxygen atoms in total. The summed E-state index contributed by atoms with van der Waals surface area (Å²) in [5, 5.41) is 10.0. The lowest BCUT2D eigenvalue weighted by molar-refractivity contribution is 0.490. The highest BCUT2D eigenvalue weighted by molar-refractivity contribution is 5.34. The second-order valence-corrected chi connectivity index (χ2v) is 3.17. The monoisotopic (exact) mass is 181 g/mol. The van der Waals surface area contributed by atoms with Crippen molar-refractivity contribution >= 4 is 5.82 Å². The van der Waals surface area contributed by atoms with Gasteiger partial charge in [0.05, 0.1) is 6.20 Å². The van der Waals surface area contributed by atoms with Crippen molar-refractivity contribution in [2.24, 2.45) is 0 Å². The molecule has 0 unspecified atom stereocenters. The summed E-state index contributed by atoms with van der Waals surface area (Å²) >= 11 is 0. The average molecular weight is 181 g/mol. The lowest BCUT2D eigenvalue weighted by Gasteiger charge is -2.28. The summed E-state index contributed by atoms with van der Waals surface area (Å²) < 4.78 is 1.90. The number of hydrogen-bond donors (Lipinski definition) is 1. The number of aromatic nitrogens is 3. The SMILES string of the molecule is CCn1nncc1N1CCCCN1. The fourth-order valence-electron chi connectivity index (χ4n) is 1.57. The van der Waals surface area contributed by atoms with E-state index < -0.39 is 0 Å². The van der Waals surface area contributed by atoms with Crippen LogP contribution in [0.5, 0.6) is 0 Å². The molecule has 1 aromatic rings. The van der Waals surface area contributed by atoms with Gasteiger partial charge in [-0.1, -0.05) is 5.21 Å². The Kier molecular flexibility index (Phi) is 2.44. The summed E-state index contributed by atoms with van der Waals surface area (Å²) in [6.45, 7) is 5.04. The van der Waals surface area contributed by atoms with E-state index in [4.69, 9.17) is 0 Å². The summed E-state index contributed by atoms with van der Waals surface area (Å²) in [6.07, 6.45) is 4.30. The minimum absolute atomic E-state index is 0.869. The molecular weight excluding hydrogens is 166 g/mol. The molecule has 0 atom stereocenters. The van der Waals surface area contributed by atoms with E-state index in [1.807, 2.05) is 10.9 Å². The number of aryl methyl sites for hydroxylation is 1. The third-order valence-electron chi connectivity index (χ3n) is 2.28. The van der Waals surface area contributed by atoms with E-state index in [1.54, 1.807) is 0 Å². The van der Waals surface area contributed by atoms with E-state index in [1.165, 1.54) is 12.8 Å². The zero-order valence-corrected chi connectivity index (χ0v) is 7.90. The highest BCUT2D eigenvalue weighted by atomic mass is 15.6. The lowest BCUT2D eigenvalue weighted by atomic mass is 10.3. The van der Waals surface area contributed by atoms with Crippen molar-refractivity contribution in [1.82, 2.24) is 20.4 Å². The molecule has 1 aliphatic heterocycles. The van der Waals surface area contributed by atoms with Crippen LogP contribution in [0.25, 0.3) is 0 Å². The third kappa shape index (κ3) is 1.65. The van der Waals surface area contributed by atoms with Crippen LogP contribution in [0.2, 0.25) is 0 Å². The molecule has 0 spiro atoms. The summed E-state index contributed by atoms with van der Waals surface area (Å²) in [5.74, 6) is 1.07. The van der Waals surface area contributed by atoms with Gasteiger partial charge < -0.3 is 0 Å². The Morgan fingerprint density at radius 2 is 2.46 bits per heavy atom. The second kappa shape index (κ2) is 3.74. The van der Waals surface area contributed by atoms with Crippen LogP contribution in [0.15, 0.2) is 6.20 Å². The van der Waals surface area contributed by atoms with Crippen LogP contribution in [-0.2, 0) is 6.54 Å². The largest absolute Gasteiger partial charge is 0.291 e. The molecule has 1 N–H and O–H groups in total. The summed E-state index contributed by atoms with van der Waals surface area (Å²) in [7, 11) is 0. The molecule has 13 heavy (non-hydrogen) atoms. The summed E-state index contributed by atoms with van der Waals surface area (Å²) in [4.78, 5) is 0. The quantitative estimate of drug-likeness (QED) is 0.717. The summed E-state index contributed by atoms with van der Waals surface area (Å²) in [6, 6.07) is 0. The van der Waals surface area contributed by atoms with Gasteiger partial charge in [0.25, 0.3) is 0 Å². The van der Waals surface area contributed by atoms with E-state index in [0.29, 0.717) is 0 Å². The first-order chi connectivity index (χ1) is 6.42. The van der Waals surface area contributed by atoms with Crippen molar-refractivity contribution in [3.05, 3.63) is 6.20 Å². The smallest absolute Gasteiger partial charge is 0.161 e. The molecule has 1 aromatic heterocycles. The molecule has 0 aliphatic carbocycles. The Hall–Kier alpha value is -1.10. The maximum absolute atomic E-state index is 3.99. The minimum atomic E-state index is 0.869. The van der Waals surface area contributed by atoms with Crippen LogP contribution in [0, 0.1) is 0 Å². The number of hydrogen-bond acceptors (Lipinski definition) is 4. The molecule has 0 amide bonds. The topological polar surface area (TPSA) is 46.0 Å². The lowest BCUT2D eigenvalue weighted by Crippen LogP contribution is -2.44. The Bertz CT molecular complexity index is 263. The maximum atomic E-state index is 3.99. The minimum Gasteiger partial charge on any atom is -0.291 e. The highest BCUT2D eigenvalue weighted by Crippen LogP contribution is 2.12. The fraction of sp³-hybridized carbons (Fsp3) is 0.750. The number of nitrogens with one attached hydrogen (secondary N) is 1. The van der Waals surface area contributed by atoms with Crippen molar-refractivity contribution in [3.8, 4) is 0 Å². The molecule has 1 aliphatic rings. The van der Waals surface area contributed by atoms with E-state index >= 15 is 0 Å². The second-order valence-electron chi connectivity index (χ2n) is 3.17. The van der Waals surface area contributed by atoms with Gasteiger partial charge in [-0.05, 0) is 19.8 Å². The van der Waals surface area contributed by atoms with Gasteiger partial charge in [0, 0.05) is 19.6 Å². The Labute approximate surface area is 77.7 Å². The van der Waals surface area contributed by atoms with Gasteiger partial charge in [-0.15, -0.1) is 5.10 Å². The van der Waals surface area contributed by atoms with Crippen LogP contribution in [-0.4, -0.2) is 28.1 Å². The van der Waals surface area contributed by atoms with Crippen LogP contribution in [0.1, 0.15) is 19.8 Å². The van der Waals surface area contributed by atoms with Crippen molar-refractivity contribution in [1.29, 1.82) is 0 Å². The van der Waals surface area contributed by atoms with Gasteiger partial charge in [-0.3, -0.25) is 5.01 Å². The molecule has 0 aromatic carbocycles. The number of nitrogens with zero attached hydrogens (tertiary/aromatic N) is 4. The van der Waals surface area contributed by atoms with Crippen molar-refractivity contribution in [2.75, 3.05) is 18.1 Å². The maximum Gasteiger partial charge on any atom is 0.161 e. The zero-order chi connectivity index (χ0) is 9.10. The standard InChI is InChI=1S/C8H15N5/c1-2-12-8(7-9-11-12)13-6-4-3-5-10-13/h7,10H,2-6H2,1H3.